The van der Waals surface area contributed by atoms with Gasteiger partial charge in [0.25, 0.3) is 5.91 Å². The van der Waals surface area contributed by atoms with Gasteiger partial charge >= 0.3 is 0 Å². The van der Waals surface area contributed by atoms with Gasteiger partial charge in [0, 0.05) is 44.5 Å². The van der Waals surface area contributed by atoms with Crippen molar-refractivity contribution in [2.24, 2.45) is 0 Å². The number of carbonyl (C=O) groups is 1. The first-order chi connectivity index (χ1) is 19.1. The van der Waals surface area contributed by atoms with E-state index in [1.54, 1.807) is 24.3 Å². The van der Waals surface area contributed by atoms with Crippen LogP contribution in [0.4, 0.5) is 4.39 Å². The van der Waals surface area contributed by atoms with Crippen molar-refractivity contribution in [3.8, 4) is 28.1 Å². The number of pyridine rings is 1. The smallest absolute Gasteiger partial charge is 0.289 e. The second kappa shape index (κ2) is 10.7. The summed E-state index contributed by atoms with van der Waals surface area (Å²) in [5.74, 6) is 0.831. The van der Waals surface area contributed by atoms with Crippen molar-refractivity contribution < 1.29 is 18.3 Å². The SMILES string of the molecule is CCOc1cccc(-c2ccc3nc(-c4ccc(F)cc4)c(CN4CCN(C(=O)c5ccco5)CC4)n3c2)c1. The van der Waals surface area contributed by atoms with Gasteiger partial charge in [-0.15, -0.1) is 0 Å². The predicted octanol–water partition coefficient (Wildman–Crippen LogP) is 5.76. The van der Waals surface area contributed by atoms with Gasteiger partial charge < -0.3 is 18.5 Å². The van der Waals surface area contributed by atoms with Crippen molar-refractivity contribution >= 4 is 11.6 Å². The van der Waals surface area contributed by atoms with Crippen LogP contribution in [-0.2, 0) is 6.54 Å². The Morgan fingerprint density at radius 1 is 0.949 bits per heavy atom. The Kier molecular flexibility index (Phi) is 6.85. The molecule has 1 aliphatic rings. The second-order valence-corrected chi connectivity index (χ2v) is 9.57. The van der Waals surface area contributed by atoms with Crippen molar-refractivity contribution in [1.29, 1.82) is 0 Å². The molecule has 4 heterocycles. The Morgan fingerprint density at radius 2 is 1.74 bits per heavy atom. The summed E-state index contributed by atoms with van der Waals surface area (Å²) in [6.45, 7) is 5.88. The van der Waals surface area contributed by atoms with Gasteiger partial charge in [-0.1, -0.05) is 12.1 Å². The van der Waals surface area contributed by atoms with Crippen molar-refractivity contribution in [3.63, 3.8) is 0 Å². The van der Waals surface area contributed by atoms with Crippen molar-refractivity contribution in [2.75, 3.05) is 32.8 Å². The lowest BCUT2D eigenvalue weighted by atomic mass is 10.1. The molecular formula is C31H29FN4O3. The fourth-order valence-electron chi connectivity index (χ4n) is 5.06. The zero-order chi connectivity index (χ0) is 26.8. The number of ether oxygens (including phenoxy) is 1. The van der Waals surface area contributed by atoms with Crippen LogP contribution in [0.3, 0.4) is 0 Å². The lowest BCUT2D eigenvalue weighted by Crippen LogP contribution is -2.48. The fraction of sp³-hybridized carbons (Fsp3) is 0.226. The molecule has 0 bridgehead atoms. The van der Waals surface area contributed by atoms with Crippen LogP contribution in [0.15, 0.2) is 89.7 Å². The summed E-state index contributed by atoms with van der Waals surface area (Å²) >= 11 is 0. The maximum atomic E-state index is 13.7. The molecule has 8 heteroatoms. The Hall–Kier alpha value is -4.43. The lowest BCUT2D eigenvalue weighted by Gasteiger charge is -2.34. The Labute approximate surface area is 226 Å². The molecule has 6 rings (SSSR count). The first kappa shape index (κ1) is 24.9. The topological polar surface area (TPSA) is 63.2 Å². The molecule has 0 radical (unpaired) electrons. The molecule has 1 amide bonds. The van der Waals surface area contributed by atoms with Crippen LogP contribution in [0.1, 0.15) is 23.2 Å². The summed E-state index contributed by atoms with van der Waals surface area (Å²) in [4.78, 5) is 21.8. The van der Waals surface area contributed by atoms with E-state index in [9.17, 15) is 9.18 Å². The van der Waals surface area contributed by atoms with E-state index < -0.39 is 0 Å². The lowest BCUT2D eigenvalue weighted by molar-refractivity contribution is 0.0596. The molecule has 39 heavy (non-hydrogen) atoms. The number of halogens is 1. The summed E-state index contributed by atoms with van der Waals surface area (Å²) in [6.07, 6.45) is 3.62. The summed E-state index contributed by atoms with van der Waals surface area (Å²) in [5.41, 5.74) is 5.62. The summed E-state index contributed by atoms with van der Waals surface area (Å²) in [5, 5.41) is 0. The Balaban J connectivity index is 1.32. The van der Waals surface area contributed by atoms with Gasteiger partial charge in [0.2, 0.25) is 0 Å². The second-order valence-electron chi connectivity index (χ2n) is 9.57. The highest BCUT2D eigenvalue weighted by Gasteiger charge is 2.25. The molecule has 0 atom stereocenters. The van der Waals surface area contributed by atoms with Gasteiger partial charge in [0.05, 0.1) is 24.3 Å². The van der Waals surface area contributed by atoms with Crippen molar-refractivity contribution in [2.45, 2.75) is 13.5 Å². The maximum Gasteiger partial charge on any atom is 0.289 e. The van der Waals surface area contributed by atoms with Gasteiger partial charge in [-0.25, -0.2) is 9.37 Å². The first-order valence-electron chi connectivity index (χ1n) is 13.1. The Morgan fingerprint density at radius 3 is 2.49 bits per heavy atom. The molecule has 1 saturated heterocycles. The first-order valence-corrected chi connectivity index (χ1v) is 13.1. The molecule has 0 aliphatic carbocycles. The van der Waals surface area contributed by atoms with E-state index in [0.29, 0.717) is 32.0 Å². The van der Waals surface area contributed by atoms with E-state index in [1.165, 1.54) is 18.4 Å². The molecule has 0 N–H and O–H groups in total. The minimum atomic E-state index is -0.280. The fourth-order valence-corrected chi connectivity index (χ4v) is 5.06. The minimum Gasteiger partial charge on any atom is -0.494 e. The van der Waals surface area contributed by atoms with Crippen LogP contribution in [-0.4, -0.2) is 57.9 Å². The standard InChI is InChI=1S/C31H29FN4O3/c1-2-38-26-6-3-5-23(19-26)24-10-13-29-33-30(22-8-11-25(32)12-9-22)27(36(29)20-24)21-34-14-16-35(17-15-34)31(37)28-7-4-18-39-28/h3-13,18-20H,2,14-17,21H2,1H3. The third-order valence-corrected chi connectivity index (χ3v) is 7.08. The average molecular weight is 525 g/mol. The van der Waals surface area contributed by atoms with Crippen LogP contribution < -0.4 is 4.74 Å². The van der Waals surface area contributed by atoms with E-state index >= 15 is 0 Å². The molecule has 1 fully saturated rings. The third kappa shape index (κ3) is 5.15. The molecule has 0 saturated carbocycles. The number of piperazine rings is 1. The summed E-state index contributed by atoms with van der Waals surface area (Å²) in [7, 11) is 0. The van der Waals surface area contributed by atoms with E-state index in [4.69, 9.17) is 14.1 Å². The van der Waals surface area contributed by atoms with E-state index in [-0.39, 0.29) is 11.7 Å². The van der Waals surface area contributed by atoms with Gasteiger partial charge in [0.15, 0.2) is 5.76 Å². The molecule has 0 spiro atoms. The van der Waals surface area contributed by atoms with E-state index in [0.717, 1.165) is 52.6 Å². The molecule has 5 aromatic rings. The monoisotopic (exact) mass is 524 g/mol. The number of hydrogen-bond donors (Lipinski definition) is 0. The zero-order valence-corrected chi connectivity index (χ0v) is 21.7. The third-order valence-electron chi connectivity index (χ3n) is 7.08. The van der Waals surface area contributed by atoms with E-state index in [1.807, 2.05) is 36.1 Å². The largest absolute Gasteiger partial charge is 0.494 e. The molecule has 7 nitrogen and oxygen atoms in total. The quantitative estimate of drug-likeness (QED) is 0.271. The number of furan rings is 1. The number of nitrogens with zero attached hydrogens (tertiary/aromatic N) is 4. The highest BCUT2D eigenvalue weighted by atomic mass is 19.1. The Bertz CT molecular complexity index is 1590. The number of amides is 1. The average Bonchev–Trinajstić information content (AvgIpc) is 3.63. The molecular weight excluding hydrogens is 495 g/mol. The summed E-state index contributed by atoms with van der Waals surface area (Å²) in [6, 6.07) is 22.0. The van der Waals surface area contributed by atoms with Crippen molar-refractivity contribution in [3.05, 3.63) is 103 Å². The highest BCUT2D eigenvalue weighted by Crippen LogP contribution is 2.30. The maximum absolute atomic E-state index is 13.7. The number of aromatic nitrogens is 2. The number of carbonyl (C=O) groups excluding carboxylic acids is 1. The molecule has 198 valence electrons. The van der Waals surface area contributed by atoms with Gasteiger partial charge in [-0.3, -0.25) is 9.69 Å². The minimum absolute atomic E-state index is 0.0830. The number of fused-ring (bicyclic) bond motifs is 1. The van der Waals surface area contributed by atoms with Crippen LogP contribution in [0.5, 0.6) is 5.75 Å². The van der Waals surface area contributed by atoms with Crippen molar-refractivity contribution in [1.82, 2.24) is 19.2 Å². The predicted molar refractivity (Wildman–Crippen MR) is 147 cm³/mol. The molecule has 1 aliphatic heterocycles. The summed E-state index contributed by atoms with van der Waals surface area (Å²) < 4.78 is 26.9. The van der Waals surface area contributed by atoms with Gasteiger partial charge in [-0.2, -0.15) is 0 Å². The van der Waals surface area contributed by atoms with Gasteiger partial charge in [-0.05, 0) is 78.7 Å². The van der Waals surface area contributed by atoms with Crippen LogP contribution >= 0.6 is 0 Å². The zero-order valence-electron chi connectivity index (χ0n) is 21.7. The van der Waals surface area contributed by atoms with E-state index in [2.05, 4.69) is 27.6 Å². The highest BCUT2D eigenvalue weighted by molar-refractivity contribution is 5.91. The number of imidazole rings is 1. The number of rotatable bonds is 7. The number of benzene rings is 2. The molecule has 0 unspecified atom stereocenters. The van der Waals surface area contributed by atoms with Crippen LogP contribution in [0.25, 0.3) is 28.0 Å². The van der Waals surface area contributed by atoms with Crippen LogP contribution in [0.2, 0.25) is 0 Å². The normalized spacial score (nSPS) is 14.2. The molecule has 2 aromatic carbocycles. The number of hydrogen-bond acceptors (Lipinski definition) is 5. The van der Waals surface area contributed by atoms with Gasteiger partial charge in [0.1, 0.15) is 17.2 Å². The van der Waals surface area contributed by atoms with Crippen LogP contribution in [0, 0.1) is 5.82 Å². The molecule has 3 aromatic heterocycles.